The Labute approximate surface area is 135 Å². The number of rotatable bonds is 8. The first kappa shape index (κ1) is 17.0. The standard InChI is InChI=1S/C17H23N3O3/c1-2-3-4-5-6-7-10-18-16(22)13-12-19-15-14(21)9-8-11-20(15)17(13)23/h8-9,11-12,21H,2-7,10H2,1H3,(H,18,22). The van der Waals surface area contributed by atoms with Crippen molar-refractivity contribution < 1.29 is 9.90 Å². The van der Waals surface area contributed by atoms with Crippen molar-refractivity contribution in [2.24, 2.45) is 0 Å². The average molecular weight is 317 g/mol. The van der Waals surface area contributed by atoms with Crippen LogP contribution in [-0.4, -0.2) is 26.9 Å². The summed E-state index contributed by atoms with van der Waals surface area (Å²) in [7, 11) is 0. The molecule has 6 heteroatoms. The van der Waals surface area contributed by atoms with Crippen molar-refractivity contribution in [2.45, 2.75) is 45.4 Å². The molecule has 1 amide bonds. The molecular formula is C17H23N3O3. The molecule has 2 N–H and O–H groups in total. The molecule has 23 heavy (non-hydrogen) atoms. The molecule has 0 atom stereocenters. The summed E-state index contributed by atoms with van der Waals surface area (Å²) in [6.07, 6.45) is 9.53. The molecule has 0 saturated carbocycles. The molecule has 124 valence electrons. The highest BCUT2D eigenvalue weighted by Gasteiger charge is 2.13. The fourth-order valence-corrected chi connectivity index (χ4v) is 2.45. The molecule has 0 unspecified atom stereocenters. The summed E-state index contributed by atoms with van der Waals surface area (Å²) in [4.78, 5) is 28.4. The number of amides is 1. The molecule has 0 fully saturated rings. The van der Waals surface area contributed by atoms with Crippen LogP contribution in [0.1, 0.15) is 55.8 Å². The predicted molar refractivity (Wildman–Crippen MR) is 88.8 cm³/mol. The highest BCUT2D eigenvalue weighted by atomic mass is 16.3. The number of nitrogens with zero attached hydrogens (tertiary/aromatic N) is 2. The number of aromatic hydroxyl groups is 1. The number of hydrogen-bond donors (Lipinski definition) is 2. The summed E-state index contributed by atoms with van der Waals surface area (Å²) in [6, 6.07) is 2.98. The maximum absolute atomic E-state index is 12.3. The number of hydrogen-bond acceptors (Lipinski definition) is 4. The van der Waals surface area contributed by atoms with Crippen LogP contribution in [0, 0.1) is 0 Å². The lowest BCUT2D eigenvalue weighted by atomic mass is 10.1. The molecule has 2 heterocycles. The van der Waals surface area contributed by atoms with E-state index in [2.05, 4.69) is 17.2 Å². The third kappa shape index (κ3) is 4.31. The van der Waals surface area contributed by atoms with Crippen LogP contribution in [0.25, 0.3) is 5.65 Å². The minimum atomic E-state index is -0.480. The summed E-state index contributed by atoms with van der Waals surface area (Å²) in [5, 5.41) is 12.4. The Kier molecular flexibility index (Phi) is 6.14. The highest BCUT2D eigenvalue weighted by molar-refractivity contribution is 5.93. The Hall–Kier alpha value is -2.37. The number of pyridine rings is 1. The van der Waals surface area contributed by atoms with Crippen LogP contribution in [0.2, 0.25) is 0 Å². The molecule has 2 rings (SSSR count). The molecule has 0 spiro atoms. The molecule has 0 aliphatic rings. The largest absolute Gasteiger partial charge is 0.504 e. The van der Waals surface area contributed by atoms with Gasteiger partial charge in [-0.25, -0.2) is 4.98 Å². The van der Waals surface area contributed by atoms with Crippen molar-refractivity contribution in [3.05, 3.63) is 40.4 Å². The van der Waals surface area contributed by atoms with Gasteiger partial charge in [0, 0.05) is 18.9 Å². The second-order valence-electron chi connectivity index (χ2n) is 5.59. The van der Waals surface area contributed by atoms with Gasteiger partial charge < -0.3 is 10.4 Å². The summed E-state index contributed by atoms with van der Waals surface area (Å²) in [5.74, 6) is -0.516. The first-order chi connectivity index (χ1) is 11.1. The minimum absolute atomic E-state index is 0.0147. The summed E-state index contributed by atoms with van der Waals surface area (Å²) >= 11 is 0. The topological polar surface area (TPSA) is 83.7 Å². The van der Waals surface area contributed by atoms with E-state index in [1.165, 1.54) is 54.6 Å². The highest BCUT2D eigenvalue weighted by Crippen LogP contribution is 2.12. The molecule has 6 nitrogen and oxygen atoms in total. The third-order valence-corrected chi connectivity index (χ3v) is 3.77. The molecule has 2 aromatic heterocycles. The second-order valence-corrected chi connectivity index (χ2v) is 5.59. The van der Waals surface area contributed by atoms with E-state index in [0.29, 0.717) is 6.54 Å². The fourth-order valence-electron chi connectivity index (χ4n) is 2.45. The zero-order valence-electron chi connectivity index (χ0n) is 13.4. The number of carbonyl (C=O) groups is 1. The molecule has 0 aliphatic carbocycles. The van der Waals surface area contributed by atoms with Crippen LogP contribution in [0.5, 0.6) is 5.75 Å². The maximum Gasteiger partial charge on any atom is 0.270 e. The molecule has 2 aromatic rings. The van der Waals surface area contributed by atoms with Crippen molar-refractivity contribution in [1.82, 2.24) is 14.7 Å². The second kappa shape index (κ2) is 8.31. The van der Waals surface area contributed by atoms with Crippen LogP contribution >= 0.6 is 0 Å². The monoisotopic (exact) mass is 317 g/mol. The quantitative estimate of drug-likeness (QED) is 0.733. The Balaban J connectivity index is 1.94. The van der Waals surface area contributed by atoms with E-state index in [1.807, 2.05) is 0 Å². The Morgan fingerprint density at radius 3 is 2.78 bits per heavy atom. The Morgan fingerprint density at radius 1 is 1.26 bits per heavy atom. The van der Waals surface area contributed by atoms with E-state index < -0.39 is 11.5 Å². The maximum atomic E-state index is 12.3. The summed E-state index contributed by atoms with van der Waals surface area (Å²) < 4.78 is 1.18. The van der Waals surface area contributed by atoms with E-state index in [9.17, 15) is 14.7 Å². The third-order valence-electron chi connectivity index (χ3n) is 3.77. The number of carbonyl (C=O) groups excluding carboxylic acids is 1. The van der Waals surface area contributed by atoms with E-state index in [1.54, 1.807) is 0 Å². The first-order valence-electron chi connectivity index (χ1n) is 8.12. The van der Waals surface area contributed by atoms with E-state index in [0.717, 1.165) is 12.8 Å². The summed E-state index contributed by atoms with van der Waals surface area (Å²) in [6.45, 7) is 2.73. The number of aromatic nitrogens is 2. The summed E-state index contributed by atoms with van der Waals surface area (Å²) in [5.41, 5.74) is -0.351. The van der Waals surface area contributed by atoms with Gasteiger partial charge in [0.15, 0.2) is 11.4 Å². The van der Waals surface area contributed by atoms with Crippen LogP contribution in [0.15, 0.2) is 29.3 Å². The van der Waals surface area contributed by atoms with Crippen molar-refractivity contribution in [2.75, 3.05) is 6.54 Å². The van der Waals surface area contributed by atoms with Gasteiger partial charge in [-0.1, -0.05) is 39.0 Å². The number of nitrogens with one attached hydrogen (secondary N) is 1. The molecular weight excluding hydrogens is 294 g/mol. The van der Waals surface area contributed by atoms with Gasteiger partial charge in [-0.15, -0.1) is 0 Å². The first-order valence-corrected chi connectivity index (χ1v) is 8.12. The van der Waals surface area contributed by atoms with Gasteiger partial charge in [0.25, 0.3) is 11.5 Å². The zero-order valence-corrected chi connectivity index (χ0v) is 13.4. The number of unbranched alkanes of at least 4 members (excludes halogenated alkanes) is 5. The molecule has 0 bridgehead atoms. The van der Waals surface area contributed by atoms with Crippen LogP contribution in [-0.2, 0) is 0 Å². The Morgan fingerprint density at radius 2 is 2.00 bits per heavy atom. The van der Waals surface area contributed by atoms with E-state index in [4.69, 9.17) is 0 Å². The predicted octanol–water partition coefficient (Wildman–Crippen LogP) is 2.49. The van der Waals surface area contributed by atoms with E-state index in [-0.39, 0.29) is 17.0 Å². The minimum Gasteiger partial charge on any atom is -0.504 e. The van der Waals surface area contributed by atoms with Crippen LogP contribution in [0.4, 0.5) is 0 Å². The van der Waals surface area contributed by atoms with Gasteiger partial charge in [0.2, 0.25) is 0 Å². The SMILES string of the molecule is CCCCCCCCNC(=O)c1cnc2c(O)cccn2c1=O. The van der Waals surface area contributed by atoms with Crippen molar-refractivity contribution in [1.29, 1.82) is 0 Å². The lowest BCUT2D eigenvalue weighted by Gasteiger charge is -2.07. The molecule has 0 radical (unpaired) electrons. The normalized spacial score (nSPS) is 10.8. The van der Waals surface area contributed by atoms with E-state index >= 15 is 0 Å². The zero-order chi connectivity index (χ0) is 16.7. The lowest BCUT2D eigenvalue weighted by molar-refractivity contribution is 0.0951. The number of fused-ring (bicyclic) bond motifs is 1. The van der Waals surface area contributed by atoms with Gasteiger partial charge in [-0.2, -0.15) is 0 Å². The Bertz CT molecular complexity index is 725. The van der Waals surface area contributed by atoms with Gasteiger partial charge >= 0.3 is 0 Å². The van der Waals surface area contributed by atoms with Crippen molar-refractivity contribution in [3.63, 3.8) is 0 Å². The molecule has 0 aliphatic heterocycles. The van der Waals surface area contributed by atoms with Crippen LogP contribution < -0.4 is 10.9 Å². The molecule has 0 aromatic carbocycles. The van der Waals surface area contributed by atoms with Gasteiger partial charge in [-0.05, 0) is 18.6 Å². The van der Waals surface area contributed by atoms with Crippen molar-refractivity contribution in [3.8, 4) is 5.75 Å². The van der Waals surface area contributed by atoms with Gasteiger partial charge in [0.1, 0.15) is 5.56 Å². The average Bonchev–Trinajstić information content (AvgIpc) is 2.55. The van der Waals surface area contributed by atoms with Crippen LogP contribution in [0.3, 0.4) is 0 Å². The fraction of sp³-hybridized carbons (Fsp3) is 0.471. The van der Waals surface area contributed by atoms with Crippen molar-refractivity contribution >= 4 is 11.6 Å². The molecule has 0 saturated heterocycles. The lowest BCUT2D eigenvalue weighted by Crippen LogP contribution is -2.32. The van der Waals surface area contributed by atoms with Gasteiger partial charge in [0.05, 0.1) is 0 Å². The smallest absolute Gasteiger partial charge is 0.270 e. The van der Waals surface area contributed by atoms with Gasteiger partial charge in [-0.3, -0.25) is 14.0 Å².